The molecule has 1 fully saturated rings. The van der Waals surface area contributed by atoms with Crippen molar-refractivity contribution in [3.05, 3.63) is 34.6 Å². The van der Waals surface area contributed by atoms with Crippen LogP contribution in [-0.2, 0) is 0 Å². The van der Waals surface area contributed by atoms with Crippen molar-refractivity contribution in [2.24, 2.45) is 0 Å². The summed E-state index contributed by atoms with van der Waals surface area (Å²) in [4.78, 5) is 2.31. The highest BCUT2D eigenvalue weighted by Gasteiger charge is 2.17. The van der Waals surface area contributed by atoms with Gasteiger partial charge in [0.25, 0.3) is 0 Å². The van der Waals surface area contributed by atoms with Crippen molar-refractivity contribution in [3.63, 3.8) is 0 Å². The average molecular weight is 294 g/mol. The maximum atomic E-state index is 13.6. The Morgan fingerprint density at radius 1 is 1.24 bits per heavy atom. The molecule has 0 aliphatic carbocycles. The molecule has 1 aliphatic rings. The molecule has 1 aromatic rings. The molecule has 2 rings (SSSR count). The third-order valence-corrected chi connectivity index (χ3v) is 4.29. The van der Waals surface area contributed by atoms with Gasteiger partial charge >= 0.3 is 0 Å². The van der Waals surface area contributed by atoms with Crippen LogP contribution >= 0.6 is 0 Å². The summed E-state index contributed by atoms with van der Waals surface area (Å²) in [6, 6.07) is 3.87. The van der Waals surface area contributed by atoms with Gasteiger partial charge in [-0.1, -0.05) is 12.1 Å². The fraction of sp³-hybridized carbons (Fsp3) is 0.647. The first kappa shape index (κ1) is 16.4. The van der Waals surface area contributed by atoms with Gasteiger partial charge in [-0.3, -0.25) is 0 Å². The number of aryl methyl sites for hydroxylation is 2. The van der Waals surface area contributed by atoms with Crippen molar-refractivity contribution >= 4 is 0 Å². The predicted molar refractivity (Wildman–Crippen MR) is 84.0 cm³/mol. The second-order valence-electron chi connectivity index (χ2n) is 6.26. The molecule has 1 heterocycles. The number of nitrogens with zero attached hydrogens (tertiary/aromatic N) is 1. The Morgan fingerprint density at radius 2 is 1.81 bits per heavy atom. The van der Waals surface area contributed by atoms with Gasteiger partial charge < -0.3 is 15.3 Å². The molecule has 1 aliphatic heterocycles. The highest BCUT2D eigenvalue weighted by atomic mass is 19.1. The Labute approximate surface area is 127 Å². The number of nitrogens with one attached hydrogen (secondary N) is 1. The molecule has 0 bridgehead atoms. The lowest BCUT2D eigenvalue weighted by molar-refractivity contribution is 0.121. The summed E-state index contributed by atoms with van der Waals surface area (Å²) in [6.45, 7) is 9.14. The molecule has 4 heteroatoms. The van der Waals surface area contributed by atoms with Crippen LogP contribution in [0.3, 0.4) is 0 Å². The van der Waals surface area contributed by atoms with Gasteiger partial charge in [-0.25, -0.2) is 4.39 Å². The van der Waals surface area contributed by atoms with E-state index >= 15 is 0 Å². The van der Waals surface area contributed by atoms with Gasteiger partial charge in [-0.2, -0.15) is 0 Å². The fourth-order valence-corrected chi connectivity index (χ4v) is 2.99. The molecule has 1 saturated heterocycles. The Bertz CT molecular complexity index is 449. The van der Waals surface area contributed by atoms with E-state index in [9.17, 15) is 9.50 Å². The number of benzene rings is 1. The quantitative estimate of drug-likeness (QED) is 0.846. The van der Waals surface area contributed by atoms with Crippen LogP contribution in [-0.4, -0.2) is 42.3 Å². The molecule has 3 nitrogen and oxygen atoms in total. The van der Waals surface area contributed by atoms with E-state index in [0.29, 0.717) is 17.7 Å². The van der Waals surface area contributed by atoms with Crippen molar-refractivity contribution in [1.82, 2.24) is 10.2 Å². The van der Waals surface area contributed by atoms with Crippen LogP contribution in [0, 0.1) is 19.7 Å². The topological polar surface area (TPSA) is 35.5 Å². The zero-order chi connectivity index (χ0) is 15.4. The molecule has 0 saturated carbocycles. The van der Waals surface area contributed by atoms with Crippen molar-refractivity contribution in [3.8, 4) is 0 Å². The summed E-state index contributed by atoms with van der Waals surface area (Å²) in [5, 5.41) is 13.4. The second-order valence-corrected chi connectivity index (χ2v) is 6.26. The van der Waals surface area contributed by atoms with Crippen LogP contribution in [0.15, 0.2) is 12.1 Å². The van der Waals surface area contributed by atoms with Gasteiger partial charge in [0.1, 0.15) is 5.82 Å². The maximum Gasteiger partial charge on any atom is 0.129 e. The zero-order valence-corrected chi connectivity index (χ0v) is 13.3. The average Bonchev–Trinajstić information content (AvgIpc) is 2.94. The summed E-state index contributed by atoms with van der Waals surface area (Å²) in [5.41, 5.74) is 2.42. The number of halogens is 1. The monoisotopic (exact) mass is 294 g/mol. The van der Waals surface area contributed by atoms with E-state index in [1.165, 1.54) is 12.8 Å². The molecule has 2 N–H and O–H groups in total. The molecular formula is C17H27FN2O. The van der Waals surface area contributed by atoms with Crippen LogP contribution in [0.2, 0.25) is 0 Å². The molecule has 2 atom stereocenters. The smallest absolute Gasteiger partial charge is 0.129 e. The third-order valence-electron chi connectivity index (χ3n) is 4.29. The summed E-state index contributed by atoms with van der Waals surface area (Å²) in [7, 11) is 0. The van der Waals surface area contributed by atoms with E-state index < -0.39 is 0 Å². The highest BCUT2D eigenvalue weighted by molar-refractivity contribution is 5.32. The first-order valence-corrected chi connectivity index (χ1v) is 7.88. The third kappa shape index (κ3) is 4.50. The molecule has 21 heavy (non-hydrogen) atoms. The van der Waals surface area contributed by atoms with E-state index in [4.69, 9.17) is 0 Å². The standard InChI is InChI=1S/C17H27FN2O/c1-12-8-15(9-13(2)17(12)18)14(3)19-10-16(21)11-20-6-4-5-7-20/h8-9,14,16,19,21H,4-7,10-11H2,1-3H3. The lowest BCUT2D eigenvalue weighted by Crippen LogP contribution is -2.37. The van der Waals surface area contributed by atoms with Gasteiger partial charge in [-0.05, 0) is 63.4 Å². The van der Waals surface area contributed by atoms with E-state index in [0.717, 1.165) is 25.2 Å². The largest absolute Gasteiger partial charge is 0.390 e. The van der Waals surface area contributed by atoms with E-state index in [-0.39, 0.29) is 18.0 Å². The van der Waals surface area contributed by atoms with Crippen molar-refractivity contribution in [1.29, 1.82) is 0 Å². The maximum absolute atomic E-state index is 13.6. The number of rotatable bonds is 6. The minimum absolute atomic E-state index is 0.108. The lowest BCUT2D eigenvalue weighted by atomic mass is 10.0. The van der Waals surface area contributed by atoms with E-state index in [2.05, 4.69) is 17.1 Å². The van der Waals surface area contributed by atoms with Crippen LogP contribution < -0.4 is 5.32 Å². The first-order chi connectivity index (χ1) is 9.97. The summed E-state index contributed by atoms with van der Waals surface area (Å²) >= 11 is 0. The SMILES string of the molecule is Cc1cc(C(C)NCC(O)CN2CCCC2)cc(C)c1F. The van der Waals surface area contributed by atoms with Crippen molar-refractivity contribution in [2.75, 3.05) is 26.2 Å². The van der Waals surface area contributed by atoms with Crippen molar-refractivity contribution in [2.45, 2.75) is 45.8 Å². The Kier molecular flexibility index (Phi) is 5.73. The molecule has 0 spiro atoms. The predicted octanol–water partition coefficient (Wildman–Crippen LogP) is 2.55. The Hall–Kier alpha value is -0.970. The molecule has 0 aromatic heterocycles. The molecule has 2 unspecified atom stereocenters. The van der Waals surface area contributed by atoms with Gasteiger partial charge in [0.05, 0.1) is 6.10 Å². The molecule has 1 aromatic carbocycles. The number of hydrogen-bond acceptors (Lipinski definition) is 3. The minimum Gasteiger partial charge on any atom is -0.390 e. The number of hydrogen-bond donors (Lipinski definition) is 2. The zero-order valence-electron chi connectivity index (χ0n) is 13.3. The fourth-order valence-electron chi connectivity index (χ4n) is 2.99. The Balaban J connectivity index is 1.84. The molecule has 118 valence electrons. The normalized spacial score (nSPS) is 18.9. The summed E-state index contributed by atoms with van der Waals surface area (Å²) < 4.78 is 13.6. The number of β-amino-alcohol motifs (C(OH)–C–C–N with tert-alkyl or cyclic N) is 1. The lowest BCUT2D eigenvalue weighted by Gasteiger charge is -2.22. The van der Waals surface area contributed by atoms with Gasteiger partial charge in [0, 0.05) is 19.1 Å². The van der Waals surface area contributed by atoms with Gasteiger partial charge in [-0.15, -0.1) is 0 Å². The van der Waals surface area contributed by atoms with Crippen LogP contribution in [0.4, 0.5) is 4.39 Å². The van der Waals surface area contributed by atoms with Gasteiger partial charge in [0.15, 0.2) is 0 Å². The number of aliphatic hydroxyl groups excluding tert-OH is 1. The summed E-state index contributed by atoms with van der Waals surface area (Å²) in [5.74, 6) is -0.125. The van der Waals surface area contributed by atoms with Crippen LogP contribution in [0.1, 0.15) is 42.5 Å². The minimum atomic E-state index is -0.354. The molecular weight excluding hydrogens is 267 g/mol. The van der Waals surface area contributed by atoms with Gasteiger partial charge in [0.2, 0.25) is 0 Å². The van der Waals surface area contributed by atoms with E-state index in [1.807, 2.05) is 12.1 Å². The van der Waals surface area contributed by atoms with Crippen LogP contribution in [0.5, 0.6) is 0 Å². The molecule has 0 radical (unpaired) electrons. The number of likely N-dealkylation sites (tertiary alicyclic amines) is 1. The molecule has 0 amide bonds. The Morgan fingerprint density at radius 3 is 2.38 bits per heavy atom. The highest BCUT2D eigenvalue weighted by Crippen LogP contribution is 2.20. The van der Waals surface area contributed by atoms with E-state index in [1.54, 1.807) is 13.8 Å². The summed E-state index contributed by atoms with van der Waals surface area (Å²) in [6.07, 6.45) is 2.13. The number of aliphatic hydroxyl groups is 1. The van der Waals surface area contributed by atoms with Crippen molar-refractivity contribution < 1.29 is 9.50 Å². The first-order valence-electron chi connectivity index (χ1n) is 7.88. The van der Waals surface area contributed by atoms with Crippen LogP contribution in [0.25, 0.3) is 0 Å². The second kappa shape index (κ2) is 7.34.